The first-order chi connectivity index (χ1) is 6.92. The largest absolute Gasteiger partial charge is 0.366 e. The fraction of sp³-hybridized carbons (Fsp3) is 0.300. The molecule has 72 valence electrons. The highest BCUT2D eigenvalue weighted by molar-refractivity contribution is 5.55. The summed E-state index contributed by atoms with van der Waals surface area (Å²) in [5.74, 6) is 1.62. The van der Waals surface area contributed by atoms with Crippen molar-refractivity contribution in [3.8, 4) is 0 Å². The third-order valence-corrected chi connectivity index (χ3v) is 2.49. The minimum Gasteiger partial charge on any atom is -0.366 e. The number of rotatable bonds is 3. The molecule has 0 bridgehead atoms. The van der Waals surface area contributed by atoms with E-state index in [0.717, 1.165) is 17.4 Å². The minimum atomic E-state index is 0.726. The van der Waals surface area contributed by atoms with E-state index in [1.807, 2.05) is 18.5 Å². The van der Waals surface area contributed by atoms with Gasteiger partial charge in [-0.05, 0) is 18.9 Å². The van der Waals surface area contributed by atoms with Crippen LogP contribution in [0.3, 0.4) is 0 Å². The second-order valence-electron chi connectivity index (χ2n) is 3.71. The molecule has 0 unspecified atom stereocenters. The van der Waals surface area contributed by atoms with Gasteiger partial charge in [-0.25, -0.2) is 0 Å². The summed E-state index contributed by atoms with van der Waals surface area (Å²) < 4.78 is 0. The predicted molar refractivity (Wildman–Crippen MR) is 54.6 cm³/mol. The molecule has 14 heavy (non-hydrogen) atoms. The Hall–Kier alpha value is -1.71. The number of hydrogen-bond donors (Lipinski definition) is 3. The van der Waals surface area contributed by atoms with E-state index in [4.69, 9.17) is 0 Å². The molecule has 0 atom stereocenters. The number of hydrogen-bond acceptors (Lipinski definition) is 2. The summed E-state index contributed by atoms with van der Waals surface area (Å²) >= 11 is 0. The van der Waals surface area contributed by atoms with Crippen molar-refractivity contribution in [2.75, 3.05) is 5.32 Å². The van der Waals surface area contributed by atoms with Crippen molar-refractivity contribution in [1.82, 2.24) is 15.2 Å². The number of nitrogens with one attached hydrogen (secondary N) is 3. The second kappa shape index (κ2) is 2.90. The van der Waals surface area contributed by atoms with E-state index in [0.29, 0.717) is 0 Å². The van der Waals surface area contributed by atoms with E-state index < -0.39 is 0 Å². The molecule has 4 heteroatoms. The van der Waals surface area contributed by atoms with Gasteiger partial charge in [-0.15, -0.1) is 0 Å². The zero-order valence-corrected chi connectivity index (χ0v) is 7.75. The minimum absolute atomic E-state index is 0.726. The van der Waals surface area contributed by atoms with Crippen LogP contribution in [0.5, 0.6) is 0 Å². The summed E-state index contributed by atoms with van der Waals surface area (Å²) in [5.41, 5.74) is 2.29. The van der Waals surface area contributed by atoms with E-state index in [1.54, 1.807) is 0 Å². The molecule has 0 aliphatic heterocycles. The fourth-order valence-electron chi connectivity index (χ4n) is 1.55. The fourth-order valence-corrected chi connectivity index (χ4v) is 1.55. The summed E-state index contributed by atoms with van der Waals surface area (Å²) in [5, 5.41) is 10.5. The van der Waals surface area contributed by atoms with E-state index in [9.17, 15) is 0 Å². The van der Waals surface area contributed by atoms with Crippen molar-refractivity contribution < 1.29 is 0 Å². The van der Waals surface area contributed by atoms with Gasteiger partial charge in [0.2, 0.25) is 0 Å². The molecule has 0 aromatic carbocycles. The molecular formula is C10H12N4. The highest BCUT2D eigenvalue weighted by atomic mass is 15.2. The van der Waals surface area contributed by atoms with Gasteiger partial charge < -0.3 is 10.3 Å². The molecule has 3 rings (SSSR count). The molecule has 0 spiro atoms. The Bertz CT molecular complexity index is 411. The molecule has 1 saturated carbocycles. The van der Waals surface area contributed by atoms with Crippen LogP contribution in [-0.2, 0) is 0 Å². The van der Waals surface area contributed by atoms with Gasteiger partial charge in [0.05, 0.1) is 5.69 Å². The normalized spacial score (nSPS) is 15.7. The molecule has 1 aliphatic carbocycles. The lowest BCUT2D eigenvalue weighted by molar-refractivity contribution is 0.967. The molecule has 0 radical (unpaired) electrons. The van der Waals surface area contributed by atoms with Gasteiger partial charge >= 0.3 is 0 Å². The zero-order chi connectivity index (χ0) is 9.38. The van der Waals surface area contributed by atoms with Crippen molar-refractivity contribution in [1.29, 1.82) is 0 Å². The summed E-state index contributed by atoms with van der Waals surface area (Å²) in [6.45, 7) is 0. The highest BCUT2D eigenvalue weighted by Gasteiger charge is 2.25. The molecule has 1 aliphatic rings. The van der Waals surface area contributed by atoms with E-state index >= 15 is 0 Å². The van der Waals surface area contributed by atoms with Crippen LogP contribution in [0.1, 0.15) is 24.5 Å². The van der Waals surface area contributed by atoms with Crippen LogP contribution in [0.2, 0.25) is 0 Å². The van der Waals surface area contributed by atoms with Gasteiger partial charge in [0, 0.05) is 30.1 Å². The molecule has 4 nitrogen and oxygen atoms in total. The molecule has 0 saturated heterocycles. The van der Waals surface area contributed by atoms with Gasteiger partial charge in [0.25, 0.3) is 0 Å². The summed E-state index contributed by atoms with van der Waals surface area (Å²) in [4.78, 5) is 2.99. The van der Waals surface area contributed by atoms with Crippen LogP contribution in [0.15, 0.2) is 24.5 Å². The lowest BCUT2D eigenvalue weighted by atomic mass is 10.3. The van der Waals surface area contributed by atoms with Gasteiger partial charge in [0.1, 0.15) is 0 Å². The van der Waals surface area contributed by atoms with Gasteiger partial charge in [-0.3, -0.25) is 5.10 Å². The zero-order valence-electron chi connectivity index (χ0n) is 7.75. The van der Waals surface area contributed by atoms with Gasteiger partial charge in [-0.2, -0.15) is 5.10 Å². The van der Waals surface area contributed by atoms with Crippen LogP contribution >= 0.6 is 0 Å². The number of anilines is 2. The lowest BCUT2D eigenvalue weighted by Gasteiger charge is -1.95. The Morgan fingerprint density at radius 3 is 3.07 bits per heavy atom. The van der Waals surface area contributed by atoms with Crippen molar-refractivity contribution in [3.63, 3.8) is 0 Å². The summed E-state index contributed by atoms with van der Waals surface area (Å²) in [7, 11) is 0. The standard InChI is InChI=1S/C10H12N4/c1-2-7(1)9-5-10(14-13-9)12-8-3-4-11-6-8/h3-7,11H,1-2H2,(H2,12,13,14). The summed E-state index contributed by atoms with van der Waals surface area (Å²) in [6.07, 6.45) is 6.39. The smallest absolute Gasteiger partial charge is 0.152 e. The Balaban J connectivity index is 1.76. The Labute approximate surface area is 81.7 Å². The lowest BCUT2D eigenvalue weighted by Crippen LogP contribution is -1.87. The van der Waals surface area contributed by atoms with E-state index in [-0.39, 0.29) is 0 Å². The maximum absolute atomic E-state index is 4.20. The molecule has 1 fully saturated rings. The Kier molecular flexibility index (Phi) is 1.59. The first kappa shape index (κ1) is 7.67. The van der Waals surface area contributed by atoms with Crippen LogP contribution in [0, 0.1) is 0 Å². The van der Waals surface area contributed by atoms with Crippen molar-refractivity contribution in [3.05, 3.63) is 30.2 Å². The molecular weight excluding hydrogens is 176 g/mol. The van der Waals surface area contributed by atoms with Gasteiger partial charge in [0.15, 0.2) is 5.82 Å². The molecule has 2 heterocycles. The van der Waals surface area contributed by atoms with Crippen LogP contribution in [-0.4, -0.2) is 15.2 Å². The topological polar surface area (TPSA) is 56.5 Å². The first-order valence-corrected chi connectivity index (χ1v) is 4.87. The van der Waals surface area contributed by atoms with Gasteiger partial charge in [-0.1, -0.05) is 0 Å². The Morgan fingerprint density at radius 2 is 2.36 bits per heavy atom. The average Bonchev–Trinajstić information content (AvgIpc) is 2.75. The van der Waals surface area contributed by atoms with Crippen LogP contribution in [0.25, 0.3) is 0 Å². The third kappa shape index (κ3) is 1.39. The number of aromatic nitrogens is 3. The van der Waals surface area contributed by atoms with E-state index in [1.165, 1.54) is 18.5 Å². The third-order valence-electron chi connectivity index (χ3n) is 2.49. The molecule has 0 amide bonds. The van der Waals surface area contributed by atoms with Crippen LogP contribution < -0.4 is 5.32 Å². The number of H-pyrrole nitrogens is 2. The monoisotopic (exact) mass is 188 g/mol. The van der Waals surface area contributed by atoms with Crippen molar-refractivity contribution in [2.24, 2.45) is 0 Å². The highest BCUT2D eigenvalue weighted by Crippen LogP contribution is 2.39. The molecule has 3 N–H and O–H groups in total. The molecule has 2 aromatic heterocycles. The van der Waals surface area contributed by atoms with Crippen molar-refractivity contribution >= 4 is 11.5 Å². The van der Waals surface area contributed by atoms with Crippen LogP contribution in [0.4, 0.5) is 11.5 Å². The SMILES string of the molecule is c1cc(Nc2cc(C3CC3)[nH]n2)c[nH]1. The predicted octanol–water partition coefficient (Wildman–Crippen LogP) is 2.36. The average molecular weight is 188 g/mol. The molecule has 2 aromatic rings. The number of aromatic amines is 2. The maximum Gasteiger partial charge on any atom is 0.152 e. The quantitative estimate of drug-likeness (QED) is 0.692. The summed E-state index contributed by atoms with van der Waals surface area (Å²) in [6, 6.07) is 4.07. The van der Waals surface area contributed by atoms with E-state index in [2.05, 4.69) is 26.6 Å². The Morgan fingerprint density at radius 1 is 1.43 bits per heavy atom. The number of nitrogens with zero attached hydrogens (tertiary/aromatic N) is 1. The second-order valence-corrected chi connectivity index (χ2v) is 3.71. The first-order valence-electron chi connectivity index (χ1n) is 4.87. The van der Waals surface area contributed by atoms with Crippen molar-refractivity contribution in [2.45, 2.75) is 18.8 Å². The maximum atomic E-state index is 4.20.